The highest BCUT2D eigenvalue weighted by molar-refractivity contribution is 7.26. The van der Waals surface area contributed by atoms with Crippen LogP contribution in [0.1, 0.15) is 0 Å². The molecule has 0 unspecified atom stereocenters. The molecule has 0 aliphatic carbocycles. The first-order chi connectivity index (χ1) is 28.8. The van der Waals surface area contributed by atoms with Gasteiger partial charge in [0.05, 0.1) is 16.1 Å². The number of hydrogen-bond acceptors (Lipinski definition) is 2. The smallest absolute Gasteiger partial charge is 0.0640 e. The van der Waals surface area contributed by atoms with Crippen molar-refractivity contribution in [3.05, 3.63) is 224 Å². The number of thiophene rings is 1. The lowest BCUT2D eigenvalue weighted by Gasteiger charge is -2.29. The third-order valence-electron chi connectivity index (χ3n) is 11.5. The number of anilines is 3. The van der Waals surface area contributed by atoms with Crippen LogP contribution < -0.4 is 4.90 Å². The zero-order valence-corrected chi connectivity index (χ0v) is 32.5. The third kappa shape index (κ3) is 5.94. The van der Waals surface area contributed by atoms with E-state index in [1.165, 1.54) is 86.2 Å². The Bertz CT molecular complexity index is 3270. The van der Waals surface area contributed by atoms with E-state index in [1.54, 1.807) is 0 Å². The number of nitrogens with zero attached hydrogens (tertiary/aromatic N) is 1. The Morgan fingerprint density at radius 3 is 1.57 bits per heavy atom. The molecular formula is C56H37NS. The second-order valence-electron chi connectivity index (χ2n) is 14.9. The van der Waals surface area contributed by atoms with E-state index in [2.05, 4.69) is 229 Å². The van der Waals surface area contributed by atoms with Crippen LogP contribution in [-0.2, 0) is 0 Å². The molecule has 1 nitrogen and oxygen atoms in total. The first-order valence-corrected chi connectivity index (χ1v) is 20.7. The van der Waals surface area contributed by atoms with E-state index in [1.807, 2.05) is 11.3 Å². The quantitative estimate of drug-likeness (QED) is 0.157. The average molecular weight is 756 g/mol. The Morgan fingerprint density at radius 2 is 0.828 bits per heavy atom. The molecule has 0 saturated carbocycles. The highest BCUT2D eigenvalue weighted by Gasteiger charge is 2.22. The first-order valence-electron chi connectivity index (χ1n) is 19.8. The lowest BCUT2D eigenvalue weighted by Crippen LogP contribution is -2.11. The molecule has 1 aromatic heterocycles. The van der Waals surface area contributed by atoms with Crippen LogP contribution in [0.2, 0.25) is 0 Å². The maximum Gasteiger partial charge on any atom is 0.0640 e. The topological polar surface area (TPSA) is 3.24 Å². The molecule has 0 aliphatic heterocycles. The van der Waals surface area contributed by atoms with E-state index >= 15 is 0 Å². The molecule has 11 rings (SSSR count). The Balaban J connectivity index is 1.11. The molecule has 0 atom stereocenters. The molecule has 0 amide bonds. The standard InChI is InChI=1S/C56H37NS/c1-2-14-41(15-3-1)50-35-32-44(49-26-12-19-40-17-5-7-23-47(40)49)37-54(50)57(53-28-13-27-52-51-24-8-9-29-55(51)58-56(52)53)45-33-30-38(31-34-45)42-20-10-21-43(36-42)48-25-11-18-39-16-4-6-22-46(39)48/h1-37H. The van der Waals surface area contributed by atoms with Crippen molar-refractivity contribution in [2.75, 3.05) is 4.90 Å². The zero-order valence-electron chi connectivity index (χ0n) is 31.7. The van der Waals surface area contributed by atoms with Gasteiger partial charge in [-0.2, -0.15) is 0 Å². The molecule has 10 aromatic carbocycles. The SMILES string of the molecule is c1ccc(-c2ccc(-c3cccc4ccccc34)cc2N(c2ccc(-c3cccc(-c4cccc5ccccc45)c3)cc2)c2cccc3c2sc2ccccc23)cc1. The third-order valence-corrected chi connectivity index (χ3v) is 12.7. The maximum absolute atomic E-state index is 2.49. The van der Waals surface area contributed by atoms with E-state index in [0.717, 1.165) is 17.1 Å². The van der Waals surface area contributed by atoms with Crippen LogP contribution in [-0.4, -0.2) is 0 Å². The fourth-order valence-corrected chi connectivity index (χ4v) is 9.89. The van der Waals surface area contributed by atoms with E-state index < -0.39 is 0 Å². The van der Waals surface area contributed by atoms with Gasteiger partial charge in [0.15, 0.2) is 0 Å². The Kier molecular flexibility index (Phi) is 8.42. The molecular weight excluding hydrogens is 719 g/mol. The van der Waals surface area contributed by atoms with Gasteiger partial charge in [0.1, 0.15) is 0 Å². The second kappa shape index (κ2) is 14.4. The summed E-state index contributed by atoms with van der Waals surface area (Å²) in [4.78, 5) is 2.49. The second-order valence-corrected chi connectivity index (χ2v) is 15.9. The molecule has 0 spiro atoms. The van der Waals surface area contributed by atoms with Gasteiger partial charge in [0.2, 0.25) is 0 Å². The summed E-state index contributed by atoms with van der Waals surface area (Å²) in [5.41, 5.74) is 13.0. The fraction of sp³-hybridized carbons (Fsp3) is 0. The number of fused-ring (bicyclic) bond motifs is 5. The van der Waals surface area contributed by atoms with Crippen LogP contribution in [0.15, 0.2) is 224 Å². The molecule has 0 fully saturated rings. The average Bonchev–Trinajstić information content (AvgIpc) is 3.69. The van der Waals surface area contributed by atoms with Gasteiger partial charge in [-0.1, -0.05) is 188 Å². The molecule has 11 aromatic rings. The van der Waals surface area contributed by atoms with Gasteiger partial charge in [-0.05, 0) is 96.9 Å². The Labute approximate surface area is 342 Å². The highest BCUT2D eigenvalue weighted by atomic mass is 32.1. The van der Waals surface area contributed by atoms with Crippen LogP contribution in [0.5, 0.6) is 0 Å². The zero-order chi connectivity index (χ0) is 38.4. The molecule has 2 heteroatoms. The summed E-state index contributed by atoms with van der Waals surface area (Å²) < 4.78 is 2.56. The van der Waals surface area contributed by atoms with Gasteiger partial charge in [-0.25, -0.2) is 0 Å². The number of hydrogen-bond donors (Lipinski definition) is 0. The summed E-state index contributed by atoms with van der Waals surface area (Å²) in [6.45, 7) is 0. The van der Waals surface area contributed by atoms with Crippen LogP contribution >= 0.6 is 11.3 Å². The lowest BCUT2D eigenvalue weighted by atomic mass is 9.93. The van der Waals surface area contributed by atoms with Gasteiger partial charge in [0.25, 0.3) is 0 Å². The summed E-state index contributed by atoms with van der Waals surface area (Å²) in [5, 5.41) is 7.57. The first kappa shape index (κ1) is 34.0. The van der Waals surface area contributed by atoms with Crippen molar-refractivity contribution in [2.45, 2.75) is 0 Å². The van der Waals surface area contributed by atoms with E-state index in [-0.39, 0.29) is 0 Å². The van der Waals surface area contributed by atoms with E-state index in [9.17, 15) is 0 Å². The summed E-state index contributed by atoms with van der Waals surface area (Å²) in [5.74, 6) is 0. The fourth-order valence-electron chi connectivity index (χ4n) is 8.69. The summed E-state index contributed by atoms with van der Waals surface area (Å²) in [6.07, 6.45) is 0. The predicted molar refractivity (Wildman–Crippen MR) is 251 cm³/mol. The summed E-state index contributed by atoms with van der Waals surface area (Å²) in [6, 6.07) is 82.0. The van der Waals surface area contributed by atoms with Crippen molar-refractivity contribution < 1.29 is 0 Å². The minimum absolute atomic E-state index is 1.10. The van der Waals surface area contributed by atoms with Crippen molar-refractivity contribution in [3.8, 4) is 44.5 Å². The van der Waals surface area contributed by atoms with Crippen molar-refractivity contribution in [2.24, 2.45) is 0 Å². The van der Waals surface area contributed by atoms with Crippen LogP contribution in [0.25, 0.3) is 86.2 Å². The van der Waals surface area contributed by atoms with Gasteiger partial charge in [-0.15, -0.1) is 11.3 Å². The predicted octanol–water partition coefficient (Wildman–Crippen LogP) is 16.5. The molecule has 58 heavy (non-hydrogen) atoms. The molecule has 272 valence electrons. The highest BCUT2D eigenvalue weighted by Crippen LogP contribution is 2.48. The normalized spacial score (nSPS) is 11.4. The van der Waals surface area contributed by atoms with E-state index in [0.29, 0.717) is 0 Å². The van der Waals surface area contributed by atoms with Gasteiger partial charge < -0.3 is 4.90 Å². The summed E-state index contributed by atoms with van der Waals surface area (Å²) in [7, 11) is 0. The molecule has 0 bridgehead atoms. The lowest BCUT2D eigenvalue weighted by molar-refractivity contribution is 1.30. The summed E-state index contributed by atoms with van der Waals surface area (Å²) >= 11 is 1.87. The van der Waals surface area contributed by atoms with Crippen LogP contribution in [0.4, 0.5) is 17.1 Å². The van der Waals surface area contributed by atoms with Crippen LogP contribution in [0.3, 0.4) is 0 Å². The molecule has 0 saturated heterocycles. The van der Waals surface area contributed by atoms with Crippen molar-refractivity contribution in [3.63, 3.8) is 0 Å². The van der Waals surface area contributed by atoms with Gasteiger partial charge >= 0.3 is 0 Å². The number of benzene rings is 10. The largest absolute Gasteiger partial charge is 0.308 e. The van der Waals surface area contributed by atoms with Gasteiger partial charge in [-0.3, -0.25) is 0 Å². The Hall–Kier alpha value is -7.26. The number of rotatable bonds is 7. The van der Waals surface area contributed by atoms with Crippen molar-refractivity contribution in [1.29, 1.82) is 0 Å². The van der Waals surface area contributed by atoms with E-state index in [4.69, 9.17) is 0 Å². The van der Waals surface area contributed by atoms with Crippen LogP contribution in [0, 0.1) is 0 Å². The molecule has 0 radical (unpaired) electrons. The van der Waals surface area contributed by atoms with Gasteiger partial charge in [0, 0.05) is 26.7 Å². The monoisotopic (exact) mass is 755 g/mol. The molecule has 1 heterocycles. The maximum atomic E-state index is 2.49. The van der Waals surface area contributed by atoms with Crippen molar-refractivity contribution >= 4 is 70.1 Å². The molecule has 0 aliphatic rings. The molecule has 0 N–H and O–H groups in total. The minimum atomic E-state index is 1.10. The minimum Gasteiger partial charge on any atom is -0.308 e. The Morgan fingerprint density at radius 1 is 0.293 bits per heavy atom. The van der Waals surface area contributed by atoms with Crippen molar-refractivity contribution in [1.82, 2.24) is 0 Å².